The summed E-state index contributed by atoms with van der Waals surface area (Å²) >= 11 is 12.4. The summed E-state index contributed by atoms with van der Waals surface area (Å²) in [6.07, 6.45) is 6.00. The van der Waals surface area contributed by atoms with E-state index in [0.29, 0.717) is 47.1 Å². The molecule has 0 heterocycles. The fraction of sp³-hybridized carbons (Fsp3) is 0.588. The third-order valence-electron chi connectivity index (χ3n) is 9.22. The SMILES string of the molecule is CN(C)CC1CCCCC1(Cc1cc(Cl)ccc1F)OC(=O)C(=O)OC1(Cc2cc(Cl)ccc2F)CCCCC1CN(C)C. The van der Waals surface area contributed by atoms with Crippen LogP contribution in [0.1, 0.15) is 62.5 Å². The molecule has 2 aromatic rings. The molecule has 4 unspecified atom stereocenters. The van der Waals surface area contributed by atoms with Crippen LogP contribution >= 0.6 is 23.2 Å². The first kappa shape index (κ1) is 34.6. The number of ether oxygens (including phenoxy) is 2. The van der Waals surface area contributed by atoms with Crippen molar-refractivity contribution in [1.82, 2.24) is 9.80 Å². The van der Waals surface area contributed by atoms with Crippen LogP contribution < -0.4 is 0 Å². The van der Waals surface area contributed by atoms with Gasteiger partial charge in [0.25, 0.3) is 0 Å². The van der Waals surface area contributed by atoms with Gasteiger partial charge in [0.1, 0.15) is 22.8 Å². The summed E-state index contributed by atoms with van der Waals surface area (Å²) in [5, 5.41) is 0.753. The predicted molar refractivity (Wildman–Crippen MR) is 169 cm³/mol. The number of carbonyl (C=O) groups excluding carboxylic acids is 2. The van der Waals surface area contributed by atoms with Crippen LogP contribution in [0, 0.1) is 23.5 Å². The zero-order valence-electron chi connectivity index (χ0n) is 26.1. The number of hydrogen-bond acceptors (Lipinski definition) is 6. The molecule has 44 heavy (non-hydrogen) atoms. The molecule has 4 rings (SSSR count). The molecule has 2 fully saturated rings. The molecule has 2 aliphatic rings. The van der Waals surface area contributed by atoms with Crippen LogP contribution in [-0.4, -0.2) is 74.2 Å². The Kier molecular flexibility index (Phi) is 11.7. The second-order valence-electron chi connectivity index (χ2n) is 13.1. The Morgan fingerprint density at radius 2 is 1.11 bits per heavy atom. The highest BCUT2D eigenvalue weighted by molar-refractivity contribution is 6.31. The molecule has 0 spiro atoms. The van der Waals surface area contributed by atoms with Gasteiger partial charge in [-0.2, -0.15) is 0 Å². The summed E-state index contributed by atoms with van der Waals surface area (Å²) in [7, 11) is 7.73. The normalized spacial score (nSPS) is 25.7. The van der Waals surface area contributed by atoms with Crippen molar-refractivity contribution in [3.05, 3.63) is 69.2 Å². The number of nitrogens with zero attached hydrogens (tertiary/aromatic N) is 2. The van der Waals surface area contributed by atoms with E-state index in [9.17, 15) is 9.59 Å². The third-order valence-corrected chi connectivity index (χ3v) is 9.69. The molecule has 2 aromatic carbocycles. The summed E-state index contributed by atoms with van der Waals surface area (Å²) in [6.45, 7) is 1.18. The van der Waals surface area contributed by atoms with Gasteiger partial charge in [0.15, 0.2) is 0 Å². The minimum atomic E-state index is -1.13. The zero-order chi connectivity index (χ0) is 32.1. The van der Waals surface area contributed by atoms with Crippen molar-refractivity contribution >= 4 is 35.1 Å². The largest absolute Gasteiger partial charge is 0.450 e. The van der Waals surface area contributed by atoms with Gasteiger partial charge in [-0.3, -0.25) is 0 Å². The molecular formula is C34H44Cl2F2N2O4. The van der Waals surface area contributed by atoms with Gasteiger partial charge in [-0.1, -0.05) is 36.0 Å². The standard InChI is InChI=1S/C34H44Cl2F2N2O4/c1-39(2)21-25-9-5-7-15-33(25,19-23-17-27(35)11-13-29(23)37)43-31(41)32(42)44-34(16-8-6-10-26(34)22-40(3)4)20-24-18-28(36)12-14-30(24)38/h11-14,17-18,25-26H,5-10,15-16,19-22H2,1-4H3. The third kappa shape index (κ3) is 8.51. The van der Waals surface area contributed by atoms with Gasteiger partial charge in [0.05, 0.1) is 0 Å². The van der Waals surface area contributed by atoms with Gasteiger partial charge in [-0.15, -0.1) is 0 Å². The molecule has 2 aliphatic carbocycles. The molecule has 2 saturated carbocycles. The molecular weight excluding hydrogens is 609 g/mol. The van der Waals surface area contributed by atoms with Gasteiger partial charge in [0.2, 0.25) is 0 Å². The minimum Gasteiger partial charge on any atom is -0.450 e. The number of hydrogen-bond donors (Lipinski definition) is 0. The molecule has 0 radical (unpaired) electrons. The van der Waals surface area contributed by atoms with E-state index in [-0.39, 0.29) is 24.7 Å². The Hall–Kier alpha value is -2.26. The Labute approximate surface area is 270 Å². The molecule has 0 bridgehead atoms. The highest BCUT2D eigenvalue weighted by atomic mass is 35.5. The van der Waals surface area contributed by atoms with E-state index in [4.69, 9.17) is 32.7 Å². The molecule has 0 amide bonds. The molecule has 0 N–H and O–H groups in total. The van der Waals surface area contributed by atoms with Crippen LogP contribution in [0.5, 0.6) is 0 Å². The van der Waals surface area contributed by atoms with E-state index in [1.165, 1.54) is 24.3 Å². The predicted octanol–water partition coefficient (Wildman–Crippen LogP) is 7.12. The maximum atomic E-state index is 15.0. The second-order valence-corrected chi connectivity index (χ2v) is 14.0. The lowest BCUT2D eigenvalue weighted by Gasteiger charge is -2.46. The second kappa shape index (κ2) is 14.9. The summed E-state index contributed by atoms with van der Waals surface area (Å²) in [6, 6.07) is 8.66. The van der Waals surface area contributed by atoms with Crippen LogP contribution in [0.3, 0.4) is 0 Å². The van der Waals surface area contributed by atoms with Crippen molar-refractivity contribution in [2.45, 2.75) is 75.4 Å². The quantitative estimate of drug-likeness (QED) is 0.201. The maximum absolute atomic E-state index is 15.0. The van der Waals surface area contributed by atoms with E-state index in [0.717, 1.165) is 38.5 Å². The van der Waals surface area contributed by atoms with Crippen molar-refractivity contribution in [3.63, 3.8) is 0 Å². The Balaban J connectivity index is 1.67. The Morgan fingerprint density at radius 3 is 1.48 bits per heavy atom. The van der Waals surface area contributed by atoms with Crippen LogP contribution in [0.25, 0.3) is 0 Å². The van der Waals surface area contributed by atoms with Crippen molar-refractivity contribution in [1.29, 1.82) is 0 Å². The fourth-order valence-electron chi connectivity index (χ4n) is 7.22. The van der Waals surface area contributed by atoms with Crippen molar-refractivity contribution in [2.24, 2.45) is 11.8 Å². The van der Waals surface area contributed by atoms with E-state index >= 15 is 8.78 Å². The van der Waals surface area contributed by atoms with E-state index in [2.05, 4.69) is 0 Å². The lowest BCUT2D eigenvalue weighted by atomic mass is 9.71. The molecule has 0 saturated heterocycles. The molecule has 242 valence electrons. The van der Waals surface area contributed by atoms with Gasteiger partial charge in [-0.05, 0) is 114 Å². The topological polar surface area (TPSA) is 59.1 Å². The van der Waals surface area contributed by atoms with Crippen molar-refractivity contribution in [2.75, 3.05) is 41.3 Å². The van der Waals surface area contributed by atoms with E-state index in [1.54, 1.807) is 12.1 Å². The summed E-state index contributed by atoms with van der Waals surface area (Å²) in [5.74, 6) is -3.41. The molecule has 0 aromatic heterocycles. The van der Waals surface area contributed by atoms with Gasteiger partial charge in [-0.25, -0.2) is 18.4 Å². The average molecular weight is 654 g/mol. The average Bonchev–Trinajstić information content (AvgIpc) is 2.95. The summed E-state index contributed by atoms with van der Waals surface area (Å²) in [4.78, 5) is 31.6. The van der Waals surface area contributed by atoms with Crippen LogP contribution in [0.15, 0.2) is 36.4 Å². The van der Waals surface area contributed by atoms with Crippen molar-refractivity contribution in [3.8, 4) is 0 Å². The monoisotopic (exact) mass is 652 g/mol. The van der Waals surface area contributed by atoms with Gasteiger partial charge < -0.3 is 19.3 Å². The minimum absolute atomic E-state index is 0.0824. The molecule has 10 heteroatoms. The number of esters is 2. The molecule has 6 nitrogen and oxygen atoms in total. The summed E-state index contributed by atoms with van der Waals surface area (Å²) < 4.78 is 42.4. The highest BCUT2D eigenvalue weighted by Crippen LogP contribution is 2.43. The van der Waals surface area contributed by atoms with Gasteiger partial charge >= 0.3 is 11.9 Å². The highest BCUT2D eigenvalue weighted by Gasteiger charge is 2.49. The molecule has 4 atom stereocenters. The van der Waals surface area contributed by atoms with Gasteiger partial charge in [0, 0.05) is 47.8 Å². The first-order chi connectivity index (χ1) is 20.8. The maximum Gasteiger partial charge on any atom is 0.418 e. The Morgan fingerprint density at radius 1 is 0.727 bits per heavy atom. The smallest absolute Gasteiger partial charge is 0.418 e. The lowest BCUT2D eigenvalue weighted by Crippen LogP contribution is -2.54. The first-order valence-corrected chi connectivity index (χ1v) is 16.2. The van der Waals surface area contributed by atoms with Crippen LogP contribution in [0.2, 0.25) is 10.0 Å². The van der Waals surface area contributed by atoms with Crippen LogP contribution in [0.4, 0.5) is 8.78 Å². The van der Waals surface area contributed by atoms with Crippen LogP contribution in [-0.2, 0) is 31.9 Å². The Bertz CT molecular complexity index is 1230. The van der Waals surface area contributed by atoms with Crippen molar-refractivity contribution < 1.29 is 27.8 Å². The molecule has 0 aliphatic heterocycles. The fourth-order valence-corrected chi connectivity index (χ4v) is 7.61. The number of halogens is 4. The first-order valence-electron chi connectivity index (χ1n) is 15.5. The zero-order valence-corrected chi connectivity index (χ0v) is 27.7. The summed E-state index contributed by atoms with van der Waals surface area (Å²) in [5.41, 5.74) is -1.61. The number of rotatable bonds is 10. The number of carbonyl (C=O) groups is 2. The van der Waals surface area contributed by atoms with E-state index in [1.807, 2.05) is 38.0 Å². The van der Waals surface area contributed by atoms with E-state index < -0.39 is 34.8 Å². The lowest BCUT2D eigenvalue weighted by molar-refractivity contribution is -0.198. The number of benzene rings is 2.